The number of benzene rings is 2. The van der Waals surface area contributed by atoms with Gasteiger partial charge >= 0.3 is 0 Å². The van der Waals surface area contributed by atoms with Gasteiger partial charge in [0.05, 0.1) is 42.1 Å². The van der Waals surface area contributed by atoms with E-state index in [1.807, 2.05) is 0 Å². The van der Waals surface area contributed by atoms with Gasteiger partial charge in [-0.15, -0.1) is 0 Å². The Bertz CT molecular complexity index is 1380. The summed E-state index contributed by atoms with van der Waals surface area (Å²) in [4.78, 5) is 39.7. The zero-order chi connectivity index (χ0) is 28.4. The molecule has 2 aromatic carbocycles. The van der Waals surface area contributed by atoms with Crippen molar-refractivity contribution in [3.63, 3.8) is 0 Å². The monoisotopic (exact) mass is 543 g/mol. The maximum atomic E-state index is 13.6. The van der Waals surface area contributed by atoms with Gasteiger partial charge < -0.3 is 45.5 Å². The molecule has 7 N–H and O–H groups in total. The summed E-state index contributed by atoms with van der Waals surface area (Å²) >= 11 is 0. The molecule has 2 aromatic rings. The van der Waals surface area contributed by atoms with Crippen LogP contribution in [0.4, 0.5) is 0 Å². The van der Waals surface area contributed by atoms with Crippen molar-refractivity contribution in [1.82, 2.24) is 0 Å². The number of aliphatic hydroxyl groups excluding tert-OH is 2. The first kappa shape index (κ1) is 27.2. The molecule has 3 aliphatic rings. The number of fused-ring (bicyclic) bond motifs is 3. The molecule has 0 saturated carbocycles. The van der Waals surface area contributed by atoms with Crippen LogP contribution >= 0.6 is 0 Å². The molecule has 5 rings (SSSR count). The molecule has 0 radical (unpaired) electrons. The summed E-state index contributed by atoms with van der Waals surface area (Å²) in [6.07, 6.45) is -5.12. The van der Waals surface area contributed by atoms with Gasteiger partial charge in [-0.25, -0.2) is 0 Å². The van der Waals surface area contributed by atoms with E-state index < -0.39 is 95.7 Å². The normalized spacial score (nSPS) is 29.8. The lowest BCUT2D eigenvalue weighted by Crippen LogP contribution is -2.53. The molecule has 0 bridgehead atoms. The third-order valence-electron chi connectivity index (χ3n) is 7.81. The molecule has 12 nitrogen and oxygen atoms in total. The van der Waals surface area contributed by atoms with E-state index in [1.165, 1.54) is 25.3 Å². The molecule has 12 heteroatoms. The average molecular weight is 544 g/mol. The molecule has 0 amide bonds. The molecular formula is C27H29NO11. The zero-order valence-corrected chi connectivity index (χ0v) is 21.2. The fourth-order valence-electron chi connectivity index (χ4n) is 5.75. The average Bonchev–Trinajstić information content (AvgIpc) is 2.90. The van der Waals surface area contributed by atoms with Crippen molar-refractivity contribution in [3.05, 3.63) is 51.6 Å². The van der Waals surface area contributed by atoms with Gasteiger partial charge in [-0.1, -0.05) is 12.1 Å². The van der Waals surface area contributed by atoms with Crippen LogP contribution in [-0.2, 0) is 20.7 Å². The van der Waals surface area contributed by atoms with Crippen LogP contribution in [0.5, 0.6) is 17.2 Å². The number of hydrogen-bond donors (Lipinski definition) is 6. The summed E-state index contributed by atoms with van der Waals surface area (Å²) in [6.45, 7) is 0.560. The molecule has 0 unspecified atom stereocenters. The minimum atomic E-state index is -2.24. The Morgan fingerprint density at radius 1 is 1.15 bits per heavy atom. The number of phenols is 2. The molecule has 1 aliphatic heterocycles. The quantitative estimate of drug-likeness (QED) is 0.235. The van der Waals surface area contributed by atoms with Crippen LogP contribution in [0, 0.1) is 0 Å². The van der Waals surface area contributed by atoms with E-state index in [2.05, 4.69) is 0 Å². The Hall–Kier alpha value is -3.39. The second-order valence-corrected chi connectivity index (χ2v) is 10.2. The van der Waals surface area contributed by atoms with E-state index in [4.69, 9.17) is 19.9 Å². The predicted octanol–water partition coefficient (Wildman–Crippen LogP) is 0.00130. The van der Waals surface area contributed by atoms with E-state index in [9.17, 15) is 39.9 Å². The topological polar surface area (TPSA) is 206 Å². The Balaban J connectivity index is 1.69. The Labute approximate surface area is 222 Å². The van der Waals surface area contributed by atoms with Crippen LogP contribution < -0.4 is 10.5 Å². The number of carbonyl (C=O) groups is 3. The number of hydrogen-bond acceptors (Lipinski definition) is 12. The van der Waals surface area contributed by atoms with E-state index in [0.29, 0.717) is 0 Å². The van der Waals surface area contributed by atoms with Gasteiger partial charge in [0.2, 0.25) is 5.78 Å². The third-order valence-corrected chi connectivity index (χ3v) is 7.81. The summed E-state index contributed by atoms with van der Waals surface area (Å²) < 4.78 is 17.0. The van der Waals surface area contributed by atoms with Crippen LogP contribution in [0.1, 0.15) is 68.8 Å². The predicted molar refractivity (Wildman–Crippen MR) is 132 cm³/mol. The SMILES string of the molecule is COc1cccc2c1C(=O)c1c(O)c3c(c(O)c1C2=O)C[C@@](O)(C(=O)CO)C[C@@H]3O[C@@H]1C[C@H](N)[C@@H](O)[C@@H](C)O1. The van der Waals surface area contributed by atoms with Crippen LogP contribution in [0.3, 0.4) is 0 Å². The Morgan fingerprint density at radius 2 is 1.85 bits per heavy atom. The van der Waals surface area contributed by atoms with Crippen LogP contribution in [0.15, 0.2) is 18.2 Å². The number of phenolic OH excluding ortho intramolecular Hbond substituents is 2. The summed E-state index contributed by atoms with van der Waals surface area (Å²) in [5, 5.41) is 53.7. The highest BCUT2D eigenvalue weighted by Crippen LogP contribution is 2.52. The summed E-state index contributed by atoms with van der Waals surface area (Å²) in [6, 6.07) is 3.64. The maximum absolute atomic E-state index is 13.6. The fraction of sp³-hybridized carbons (Fsp3) is 0.444. The summed E-state index contributed by atoms with van der Waals surface area (Å²) in [5.74, 6) is -3.77. The largest absolute Gasteiger partial charge is 0.507 e. The standard InChI is InChI=1S/C27H29NO11/c1-10-22(31)13(28)6-17(38-10)39-15-8-27(36,16(30)9-29)7-12-19(15)26(35)21-20(24(12)33)23(32)11-4-3-5-14(37-2)18(11)25(21)34/h3-5,10,13,15,17,22,29,31,33,35-36H,6-9,28H2,1-2H3/t10-,13+,15+,17-,22+,27+/m1/s1. The van der Waals surface area contributed by atoms with E-state index in [0.717, 1.165) is 0 Å². The van der Waals surface area contributed by atoms with E-state index in [1.54, 1.807) is 6.92 Å². The van der Waals surface area contributed by atoms with Crippen molar-refractivity contribution in [2.24, 2.45) is 5.73 Å². The lowest BCUT2D eigenvalue weighted by atomic mass is 9.72. The highest BCUT2D eigenvalue weighted by atomic mass is 16.7. The number of ether oxygens (including phenoxy) is 3. The molecule has 6 atom stereocenters. The van der Waals surface area contributed by atoms with Gasteiger partial charge in [-0.05, 0) is 13.0 Å². The van der Waals surface area contributed by atoms with Gasteiger partial charge in [0.1, 0.15) is 29.5 Å². The van der Waals surface area contributed by atoms with Gasteiger partial charge in [-0.2, -0.15) is 0 Å². The number of methoxy groups -OCH3 is 1. The first-order chi connectivity index (χ1) is 18.4. The molecule has 208 valence electrons. The zero-order valence-electron chi connectivity index (χ0n) is 21.2. The second-order valence-electron chi connectivity index (χ2n) is 10.2. The lowest BCUT2D eigenvalue weighted by molar-refractivity contribution is -0.247. The van der Waals surface area contributed by atoms with Crippen LogP contribution in [-0.4, -0.2) is 86.7 Å². The molecule has 1 heterocycles. The Kier molecular flexibility index (Phi) is 6.74. The lowest BCUT2D eigenvalue weighted by Gasteiger charge is -2.42. The maximum Gasteiger partial charge on any atom is 0.202 e. The number of Topliss-reactive ketones (excluding diaryl/α,β-unsaturated/α-hetero) is 1. The molecule has 1 saturated heterocycles. The number of ketones is 3. The van der Waals surface area contributed by atoms with Crippen molar-refractivity contribution < 1.29 is 54.1 Å². The first-order valence-corrected chi connectivity index (χ1v) is 12.4. The molecule has 39 heavy (non-hydrogen) atoms. The van der Waals surface area contributed by atoms with Crippen molar-refractivity contribution in [1.29, 1.82) is 0 Å². The van der Waals surface area contributed by atoms with Crippen molar-refractivity contribution in [3.8, 4) is 17.2 Å². The van der Waals surface area contributed by atoms with E-state index in [-0.39, 0.29) is 34.4 Å². The van der Waals surface area contributed by atoms with Crippen LogP contribution in [0.2, 0.25) is 0 Å². The minimum Gasteiger partial charge on any atom is -0.507 e. The number of rotatable bonds is 5. The van der Waals surface area contributed by atoms with Crippen LogP contribution in [0.25, 0.3) is 0 Å². The highest BCUT2D eigenvalue weighted by molar-refractivity contribution is 6.31. The fourth-order valence-corrected chi connectivity index (χ4v) is 5.75. The number of aromatic hydroxyl groups is 2. The molecular weight excluding hydrogens is 514 g/mol. The second kappa shape index (κ2) is 9.66. The van der Waals surface area contributed by atoms with Gasteiger partial charge in [0, 0.05) is 42.0 Å². The number of aliphatic hydroxyl groups is 3. The van der Waals surface area contributed by atoms with Crippen molar-refractivity contribution >= 4 is 17.3 Å². The minimum absolute atomic E-state index is 0.0173. The third kappa shape index (κ3) is 4.11. The molecule has 1 fully saturated rings. The number of carbonyl (C=O) groups excluding carboxylic acids is 3. The number of nitrogens with two attached hydrogens (primary N) is 1. The summed E-state index contributed by atoms with van der Waals surface area (Å²) in [7, 11) is 1.32. The van der Waals surface area contributed by atoms with Gasteiger partial charge in [0.25, 0.3) is 0 Å². The molecule has 2 aliphatic carbocycles. The van der Waals surface area contributed by atoms with Gasteiger partial charge in [-0.3, -0.25) is 14.4 Å². The molecule has 0 aromatic heterocycles. The summed E-state index contributed by atoms with van der Waals surface area (Å²) in [5.41, 5.74) is 2.37. The smallest absolute Gasteiger partial charge is 0.202 e. The highest BCUT2D eigenvalue weighted by Gasteiger charge is 2.50. The van der Waals surface area contributed by atoms with Crippen molar-refractivity contribution in [2.75, 3.05) is 13.7 Å². The van der Waals surface area contributed by atoms with Gasteiger partial charge in [0.15, 0.2) is 17.9 Å². The van der Waals surface area contributed by atoms with E-state index >= 15 is 0 Å². The molecule has 0 spiro atoms. The first-order valence-electron chi connectivity index (χ1n) is 12.4. The Morgan fingerprint density at radius 3 is 2.49 bits per heavy atom. The van der Waals surface area contributed by atoms with Crippen molar-refractivity contribution in [2.45, 2.75) is 62.4 Å².